The molecule has 0 spiro atoms. The number of halogens is 1. The summed E-state index contributed by atoms with van der Waals surface area (Å²) in [6.07, 6.45) is 0.0236. The number of nitriles is 1. The van der Waals surface area contributed by atoms with Gasteiger partial charge in [0.2, 0.25) is 0 Å². The van der Waals surface area contributed by atoms with Crippen LogP contribution in [0.1, 0.15) is 34.5 Å². The molecule has 28 heavy (non-hydrogen) atoms. The van der Waals surface area contributed by atoms with Crippen LogP contribution < -0.4 is 4.90 Å². The fraction of sp³-hybridized carbons (Fsp3) is 0.300. The average Bonchev–Trinajstić information content (AvgIpc) is 3.12. The molecule has 8 heteroatoms. The highest BCUT2D eigenvalue weighted by Crippen LogP contribution is 2.23. The van der Waals surface area contributed by atoms with Gasteiger partial charge in [-0.25, -0.2) is 0 Å². The Morgan fingerprint density at radius 2 is 1.86 bits per heavy atom. The first-order chi connectivity index (χ1) is 13.4. The minimum atomic E-state index is -0.631. The first kappa shape index (κ1) is 21.6. The number of rotatable bonds is 9. The molecule has 0 atom stereocenters. The minimum Gasteiger partial charge on any atom is -0.456 e. The molecule has 0 fully saturated rings. The molecular weight excluding hydrogens is 400 g/mol. The third-order valence-electron chi connectivity index (χ3n) is 3.85. The van der Waals surface area contributed by atoms with E-state index < -0.39 is 18.5 Å². The lowest BCUT2D eigenvalue weighted by Gasteiger charge is -2.21. The second kappa shape index (κ2) is 10.6. The summed E-state index contributed by atoms with van der Waals surface area (Å²) < 4.78 is 5.52. The molecule has 6 nitrogen and oxygen atoms in total. The molecule has 2 aromatic rings. The maximum atomic E-state index is 12.5. The number of Topliss-reactive ketones (excluding diaryl/α,β-unsaturated/α-hetero) is 1. The van der Waals surface area contributed by atoms with Crippen molar-refractivity contribution in [3.63, 3.8) is 0 Å². The van der Waals surface area contributed by atoms with Crippen LogP contribution >= 0.6 is 22.9 Å². The van der Waals surface area contributed by atoms with Crippen molar-refractivity contribution in [2.75, 3.05) is 18.1 Å². The van der Waals surface area contributed by atoms with Crippen molar-refractivity contribution < 1.29 is 19.1 Å². The monoisotopic (exact) mass is 418 g/mol. The number of nitrogens with zero attached hydrogens (tertiary/aromatic N) is 2. The standard InChI is InChI=1S/C20H19ClN2O4S/c1-14-3-5-15(6-4-14)23(12-2-11-22)19(25)13-27-20(26)10-7-16(24)17-8-9-18(21)28-17/h3-6,8-9H,2,7,10,12-13H2,1H3. The Morgan fingerprint density at radius 1 is 1.14 bits per heavy atom. The average molecular weight is 419 g/mol. The summed E-state index contributed by atoms with van der Waals surface area (Å²) in [7, 11) is 0. The molecule has 1 heterocycles. The quantitative estimate of drug-likeness (QED) is 0.450. The van der Waals surface area contributed by atoms with E-state index in [9.17, 15) is 14.4 Å². The smallest absolute Gasteiger partial charge is 0.306 e. The fourth-order valence-electron chi connectivity index (χ4n) is 2.38. The van der Waals surface area contributed by atoms with Crippen molar-refractivity contribution in [3.05, 3.63) is 51.2 Å². The molecule has 0 aliphatic heterocycles. The van der Waals surface area contributed by atoms with E-state index in [4.69, 9.17) is 21.6 Å². The van der Waals surface area contributed by atoms with Crippen LogP contribution in [-0.4, -0.2) is 30.8 Å². The molecule has 1 aromatic carbocycles. The summed E-state index contributed by atoms with van der Waals surface area (Å²) >= 11 is 6.94. The lowest BCUT2D eigenvalue weighted by atomic mass is 10.2. The van der Waals surface area contributed by atoms with Crippen molar-refractivity contribution in [3.8, 4) is 6.07 Å². The SMILES string of the molecule is Cc1ccc(N(CCC#N)C(=O)COC(=O)CCC(=O)c2ccc(Cl)s2)cc1. The van der Waals surface area contributed by atoms with E-state index in [0.29, 0.717) is 14.9 Å². The second-order valence-electron chi connectivity index (χ2n) is 5.98. The van der Waals surface area contributed by atoms with Gasteiger partial charge in [-0.1, -0.05) is 29.3 Å². The van der Waals surface area contributed by atoms with E-state index in [1.807, 2.05) is 25.1 Å². The normalized spacial score (nSPS) is 10.2. The number of anilines is 1. The maximum absolute atomic E-state index is 12.5. The predicted molar refractivity (Wildman–Crippen MR) is 108 cm³/mol. The van der Waals surface area contributed by atoms with Crippen LogP contribution in [0.3, 0.4) is 0 Å². The maximum Gasteiger partial charge on any atom is 0.306 e. The zero-order chi connectivity index (χ0) is 20.5. The zero-order valence-corrected chi connectivity index (χ0v) is 16.9. The molecule has 0 N–H and O–H groups in total. The minimum absolute atomic E-state index is 0.0139. The molecule has 0 bridgehead atoms. The zero-order valence-electron chi connectivity index (χ0n) is 15.3. The van der Waals surface area contributed by atoms with E-state index >= 15 is 0 Å². The Balaban J connectivity index is 1.86. The summed E-state index contributed by atoms with van der Waals surface area (Å²) in [5, 5.41) is 8.81. The topological polar surface area (TPSA) is 87.5 Å². The number of benzene rings is 1. The number of esters is 1. The number of ketones is 1. The van der Waals surface area contributed by atoms with Gasteiger partial charge in [0.25, 0.3) is 5.91 Å². The number of carbonyl (C=O) groups excluding carboxylic acids is 3. The first-order valence-corrected chi connectivity index (χ1v) is 9.78. The molecule has 0 saturated heterocycles. The van der Waals surface area contributed by atoms with Crippen LogP contribution in [-0.2, 0) is 14.3 Å². The van der Waals surface area contributed by atoms with E-state index in [-0.39, 0.29) is 31.6 Å². The summed E-state index contributed by atoms with van der Waals surface area (Å²) in [5.74, 6) is -1.26. The number of hydrogen-bond donors (Lipinski definition) is 0. The Bertz CT molecular complexity index is 886. The highest BCUT2D eigenvalue weighted by Gasteiger charge is 2.18. The summed E-state index contributed by atoms with van der Waals surface area (Å²) in [6, 6.07) is 12.5. The number of aryl methyl sites for hydroxylation is 1. The highest BCUT2D eigenvalue weighted by atomic mass is 35.5. The molecular formula is C20H19ClN2O4S. The fourth-order valence-corrected chi connectivity index (χ4v) is 3.39. The number of carbonyl (C=O) groups is 3. The van der Waals surface area contributed by atoms with Crippen LogP contribution in [0.15, 0.2) is 36.4 Å². The molecule has 0 unspecified atom stereocenters. The lowest BCUT2D eigenvalue weighted by molar-refractivity contribution is -0.147. The largest absolute Gasteiger partial charge is 0.456 e. The predicted octanol–water partition coefficient (Wildman–Crippen LogP) is 4.16. The van der Waals surface area contributed by atoms with Crippen LogP contribution in [0, 0.1) is 18.3 Å². The van der Waals surface area contributed by atoms with E-state index in [1.54, 1.807) is 24.3 Å². The number of ether oxygens (including phenoxy) is 1. The Kier molecular flexibility index (Phi) is 8.18. The van der Waals surface area contributed by atoms with Gasteiger partial charge in [-0.15, -0.1) is 11.3 Å². The molecule has 0 saturated carbocycles. The van der Waals surface area contributed by atoms with Crippen LogP contribution in [0.4, 0.5) is 5.69 Å². The van der Waals surface area contributed by atoms with Crippen molar-refractivity contribution in [2.24, 2.45) is 0 Å². The van der Waals surface area contributed by atoms with Gasteiger partial charge >= 0.3 is 5.97 Å². The molecule has 146 valence electrons. The molecule has 0 aliphatic rings. The Morgan fingerprint density at radius 3 is 2.46 bits per heavy atom. The Hall–Kier alpha value is -2.69. The molecule has 1 aromatic heterocycles. The first-order valence-electron chi connectivity index (χ1n) is 8.59. The third kappa shape index (κ3) is 6.48. The van der Waals surface area contributed by atoms with Crippen molar-refractivity contribution in [1.82, 2.24) is 0 Å². The van der Waals surface area contributed by atoms with Gasteiger partial charge in [0.15, 0.2) is 12.4 Å². The third-order valence-corrected chi connectivity index (χ3v) is 5.13. The van der Waals surface area contributed by atoms with Crippen molar-refractivity contribution in [1.29, 1.82) is 5.26 Å². The van der Waals surface area contributed by atoms with E-state index in [0.717, 1.165) is 16.9 Å². The number of amides is 1. The second-order valence-corrected chi connectivity index (χ2v) is 7.69. The Labute approximate surface area is 172 Å². The van der Waals surface area contributed by atoms with E-state index in [2.05, 4.69) is 0 Å². The molecule has 0 radical (unpaired) electrons. The number of thiophene rings is 1. The van der Waals surface area contributed by atoms with Gasteiger partial charge in [-0.05, 0) is 31.2 Å². The lowest BCUT2D eigenvalue weighted by Crippen LogP contribution is -2.35. The molecule has 1 amide bonds. The van der Waals surface area contributed by atoms with E-state index in [1.165, 1.54) is 4.90 Å². The van der Waals surface area contributed by atoms with Crippen LogP contribution in [0.2, 0.25) is 4.34 Å². The highest BCUT2D eigenvalue weighted by molar-refractivity contribution is 7.18. The van der Waals surface area contributed by atoms with Crippen molar-refractivity contribution >= 4 is 46.3 Å². The van der Waals surface area contributed by atoms with Crippen LogP contribution in [0.5, 0.6) is 0 Å². The van der Waals surface area contributed by atoms with Crippen molar-refractivity contribution in [2.45, 2.75) is 26.2 Å². The van der Waals surface area contributed by atoms with Crippen LogP contribution in [0.25, 0.3) is 0 Å². The van der Waals surface area contributed by atoms with Gasteiger partial charge in [-0.2, -0.15) is 5.26 Å². The molecule has 2 rings (SSSR count). The van der Waals surface area contributed by atoms with Gasteiger partial charge in [0, 0.05) is 18.7 Å². The number of hydrogen-bond acceptors (Lipinski definition) is 6. The summed E-state index contributed by atoms with van der Waals surface area (Å²) in [6.45, 7) is 1.68. The summed E-state index contributed by atoms with van der Waals surface area (Å²) in [4.78, 5) is 38.2. The van der Waals surface area contributed by atoms with Gasteiger partial charge in [0.05, 0.1) is 28.1 Å². The summed E-state index contributed by atoms with van der Waals surface area (Å²) in [5.41, 5.74) is 1.67. The molecule has 0 aliphatic carbocycles. The van der Waals surface area contributed by atoms with Gasteiger partial charge in [-0.3, -0.25) is 14.4 Å². The van der Waals surface area contributed by atoms with Gasteiger partial charge in [0.1, 0.15) is 0 Å². The van der Waals surface area contributed by atoms with Gasteiger partial charge < -0.3 is 9.64 Å².